The predicted octanol–water partition coefficient (Wildman–Crippen LogP) is 16.3. The van der Waals surface area contributed by atoms with E-state index in [1.54, 1.807) is 0 Å². The topological polar surface area (TPSA) is 95.9 Å². The van der Waals surface area contributed by atoms with Gasteiger partial charge in [-0.25, -0.2) is 0 Å². The van der Waals surface area contributed by atoms with E-state index in [0.29, 0.717) is 19.3 Å². The van der Waals surface area contributed by atoms with Gasteiger partial charge >= 0.3 is 5.97 Å². The largest absolute Gasteiger partial charge is 0.462 e. The van der Waals surface area contributed by atoms with Gasteiger partial charge in [0, 0.05) is 6.42 Å². The molecule has 0 saturated carbocycles. The molecule has 370 valence electrons. The molecule has 6 nitrogen and oxygen atoms in total. The summed E-state index contributed by atoms with van der Waals surface area (Å²) in [6.07, 6.45) is 70.2. The maximum atomic E-state index is 13.2. The van der Waals surface area contributed by atoms with Crippen LogP contribution in [0.25, 0.3) is 0 Å². The van der Waals surface area contributed by atoms with Gasteiger partial charge in [-0.05, 0) is 89.9 Å². The number of carbonyl (C=O) groups excluding carboxylic acids is 2. The standard InChI is InChI=1S/C59H99NO5/c1-4-7-10-13-16-19-22-25-28-30-33-36-39-42-45-48-51-57(62)56(54-61)60-58(63)53-55(50-47-44-41-38-35-32-27-24-21-18-15-12-9-6-3)65-59(64)52-49-46-43-40-37-34-31-29-26-23-20-17-14-11-8-5-2/h8-9,11-12,17-18,20-21,26-27,29,32,34,37-38,41,43,46,55-57,61-62H,4-7,10,13-16,19,22-25,28,30-31,33,35-36,39-40,42,44-45,47-54H2,1-3H3,(H,60,63)/b11-8+,12-9+,20-17+,21-18+,29-26+,32-27+,37-34+,41-38+,46-43+. The number of carbonyl (C=O) groups is 2. The van der Waals surface area contributed by atoms with Gasteiger partial charge in [-0.1, -0.05) is 233 Å². The van der Waals surface area contributed by atoms with E-state index in [4.69, 9.17) is 4.74 Å². The summed E-state index contributed by atoms with van der Waals surface area (Å²) in [5.41, 5.74) is 0. The third-order valence-electron chi connectivity index (χ3n) is 11.4. The summed E-state index contributed by atoms with van der Waals surface area (Å²) in [5, 5.41) is 23.8. The number of hydrogen-bond acceptors (Lipinski definition) is 5. The molecule has 0 aromatic heterocycles. The minimum atomic E-state index is -0.821. The number of unbranched alkanes of at least 4 members (excludes halogenated alkanes) is 16. The lowest BCUT2D eigenvalue weighted by molar-refractivity contribution is -0.150. The number of allylic oxidation sites excluding steroid dienone is 18. The highest BCUT2D eigenvalue weighted by Gasteiger charge is 2.23. The van der Waals surface area contributed by atoms with Crippen molar-refractivity contribution in [2.75, 3.05) is 6.61 Å². The van der Waals surface area contributed by atoms with Crippen molar-refractivity contribution in [2.24, 2.45) is 0 Å². The van der Waals surface area contributed by atoms with Crippen molar-refractivity contribution >= 4 is 11.9 Å². The molecule has 0 aliphatic heterocycles. The Kier molecular flexibility index (Phi) is 48.7. The molecule has 0 rings (SSSR count). The summed E-state index contributed by atoms with van der Waals surface area (Å²) < 4.78 is 5.86. The molecule has 0 fully saturated rings. The third-order valence-corrected chi connectivity index (χ3v) is 11.4. The number of esters is 1. The van der Waals surface area contributed by atoms with E-state index in [0.717, 1.165) is 89.9 Å². The number of aliphatic hydroxyl groups excluding tert-OH is 2. The summed E-state index contributed by atoms with van der Waals surface area (Å²) in [6.45, 7) is 6.22. The Bertz CT molecular complexity index is 1330. The van der Waals surface area contributed by atoms with Crippen LogP contribution in [-0.2, 0) is 14.3 Å². The van der Waals surface area contributed by atoms with E-state index in [1.165, 1.54) is 83.5 Å². The minimum absolute atomic E-state index is 0.00385. The Morgan fingerprint density at radius 3 is 1.23 bits per heavy atom. The van der Waals surface area contributed by atoms with Gasteiger partial charge in [-0.15, -0.1) is 0 Å². The zero-order valence-electron chi connectivity index (χ0n) is 42.1. The number of aliphatic hydroxyl groups is 2. The van der Waals surface area contributed by atoms with E-state index in [2.05, 4.69) is 129 Å². The first kappa shape index (κ1) is 61.5. The zero-order valence-corrected chi connectivity index (χ0v) is 42.1. The van der Waals surface area contributed by atoms with E-state index >= 15 is 0 Å². The van der Waals surface area contributed by atoms with Crippen molar-refractivity contribution in [1.82, 2.24) is 5.32 Å². The fourth-order valence-corrected chi connectivity index (χ4v) is 7.42. The van der Waals surface area contributed by atoms with Crippen LogP contribution in [-0.4, -0.2) is 46.9 Å². The molecular weight excluding hydrogens is 803 g/mol. The fourth-order valence-electron chi connectivity index (χ4n) is 7.42. The number of amides is 1. The van der Waals surface area contributed by atoms with Crippen molar-refractivity contribution in [3.05, 3.63) is 109 Å². The highest BCUT2D eigenvalue weighted by molar-refractivity contribution is 5.77. The van der Waals surface area contributed by atoms with Gasteiger partial charge in [0.05, 0.1) is 25.2 Å². The van der Waals surface area contributed by atoms with Crippen LogP contribution in [0.5, 0.6) is 0 Å². The summed E-state index contributed by atoms with van der Waals surface area (Å²) in [5.74, 6) is -0.635. The van der Waals surface area contributed by atoms with Gasteiger partial charge in [0.15, 0.2) is 0 Å². The number of nitrogens with one attached hydrogen (secondary N) is 1. The lowest BCUT2D eigenvalue weighted by Gasteiger charge is -2.24. The maximum absolute atomic E-state index is 13.2. The fraction of sp³-hybridized carbons (Fsp3) is 0.661. The highest BCUT2D eigenvalue weighted by atomic mass is 16.5. The molecule has 6 heteroatoms. The molecule has 3 atom stereocenters. The summed E-state index contributed by atoms with van der Waals surface area (Å²) in [6, 6.07) is -0.741. The van der Waals surface area contributed by atoms with Crippen LogP contribution in [0.3, 0.4) is 0 Å². The van der Waals surface area contributed by atoms with E-state index < -0.39 is 18.2 Å². The van der Waals surface area contributed by atoms with Gasteiger partial charge in [-0.3, -0.25) is 9.59 Å². The Morgan fingerprint density at radius 2 is 0.831 bits per heavy atom. The highest BCUT2D eigenvalue weighted by Crippen LogP contribution is 2.16. The third kappa shape index (κ3) is 46.8. The Hall–Kier alpha value is -3.48. The monoisotopic (exact) mass is 902 g/mol. The molecular formula is C59H99NO5. The lowest BCUT2D eigenvalue weighted by Crippen LogP contribution is -2.46. The first-order chi connectivity index (χ1) is 32.0. The van der Waals surface area contributed by atoms with Gasteiger partial charge in [0.1, 0.15) is 6.10 Å². The number of rotatable bonds is 46. The van der Waals surface area contributed by atoms with E-state index in [1.807, 2.05) is 6.08 Å². The molecule has 0 radical (unpaired) electrons. The molecule has 0 saturated heterocycles. The average Bonchev–Trinajstić information content (AvgIpc) is 3.30. The van der Waals surface area contributed by atoms with E-state index in [9.17, 15) is 19.8 Å². The second-order valence-corrected chi connectivity index (χ2v) is 17.5. The Labute approximate surface area is 400 Å². The molecule has 0 aliphatic rings. The summed E-state index contributed by atoms with van der Waals surface area (Å²) in [7, 11) is 0. The summed E-state index contributed by atoms with van der Waals surface area (Å²) >= 11 is 0. The van der Waals surface area contributed by atoms with Crippen molar-refractivity contribution in [1.29, 1.82) is 0 Å². The first-order valence-corrected chi connectivity index (χ1v) is 26.6. The molecule has 0 aliphatic carbocycles. The number of hydrogen-bond donors (Lipinski definition) is 3. The Morgan fingerprint density at radius 1 is 0.462 bits per heavy atom. The molecule has 0 bridgehead atoms. The predicted molar refractivity (Wildman–Crippen MR) is 282 cm³/mol. The van der Waals surface area contributed by atoms with Gasteiger partial charge in [0.25, 0.3) is 0 Å². The lowest BCUT2D eigenvalue weighted by atomic mass is 10.0. The van der Waals surface area contributed by atoms with Crippen molar-refractivity contribution < 1.29 is 24.5 Å². The molecule has 0 spiro atoms. The van der Waals surface area contributed by atoms with Crippen molar-refractivity contribution in [2.45, 2.75) is 244 Å². The molecule has 0 aromatic rings. The summed E-state index contributed by atoms with van der Waals surface area (Å²) in [4.78, 5) is 26.1. The van der Waals surface area contributed by atoms with Crippen LogP contribution in [0.4, 0.5) is 0 Å². The average molecular weight is 902 g/mol. The Balaban J connectivity index is 4.74. The van der Waals surface area contributed by atoms with Gasteiger partial charge in [0.2, 0.25) is 5.91 Å². The van der Waals surface area contributed by atoms with E-state index in [-0.39, 0.29) is 31.3 Å². The second kappa shape index (κ2) is 51.5. The van der Waals surface area contributed by atoms with Crippen LogP contribution in [0.2, 0.25) is 0 Å². The SMILES string of the molecule is CC/C=C/C/C=C/C/C=C/C/C=C/C/C=C/CCC(=O)OC(CCC/C=C/C/C=C/C/C=C/C/C=C/CC)CC(=O)NC(CO)C(O)CCCCCCCCCCCCCCCCCC. The van der Waals surface area contributed by atoms with Crippen molar-refractivity contribution in [3.8, 4) is 0 Å². The van der Waals surface area contributed by atoms with Crippen LogP contribution >= 0.6 is 0 Å². The van der Waals surface area contributed by atoms with Crippen LogP contribution in [0, 0.1) is 0 Å². The maximum Gasteiger partial charge on any atom is 0.306 e. The molecule has 0 heterocycles. The molecule has 0 aromatic carbocycles. The van der Waals surface area contributed by atoms with Crippen LogP contribution in [0.15, 0.2) is 109 Å². The quantitative estimate of drug-likeness (QED) is 0.0321. The zero-order chi connectivity index (χ0) is 47.4. The van der Waals surface area contributed by atoms with Crippen LogP contribution in [0.1, 0.15) is 226 Å². The normalized spacial score (nSPS) is 14.1. The second-order valence-electron chi connectivity index (χ2n) is 17.5. The molecule has 1 amide bonds. The van der Waals surface area contributed by atoms with Crippen LogP contribution < -0.4 is 5.32 Å². The molecule has 3 N–H and O–H groups in total. The minimum Gasteiger partial charge on any atom is -0.462 e. The van der Waals surface area contributed by atoms with Gasteiger partial charge in [-0.2, -0.15) is 0 Å². The smallest absolute Gasteiger partial charge is 0.306 e. The van der Waals surface area contributed by atoms with Gasteiger partial charge < -0.3 is 20.3 Å². The molecule has 3 unspecified atom stereocenters. The first-order valence-electron chi connectivity index (χ1n) is 26.6. The van der Waals surface area contributed by atoms with Crippen molar-refractivity contribution in [3.63, 3.8) is 0 Å². The molecule has 65 heavy (non-hydrogen) atoms. The number of ether oxygens (including phenoxy) is 1.